The van der Waals surface area contributed by atoms with Gasteiger partial charge in [0.1, 0.15) is 22.9 Å². The van der Waals surface area contributed by atoms with E-state index in [2.05, 4.69) is 5.10 Å². The Balaban J connectivity index is 0.000000707. The van der Waals surface area contributed by atoms with Gasteiger partial charge in [-0.2, -0.15) is 18.3 Å². The number of carbonyl (C=O) groups is 2. The first-order valence-electron chi connectivity index (χ1n) is 13.2. The van der Waals surface area contributed by atoms with Crippen LogP contribution in [0.3, 0.4) is 0 Å². The van der Waals surface area contributed by atoms with Gasteiger partial charge in [0.05, 0.1) is 17.3 Å². The molecule has 0 aliphatic heterocycles. The summed E-state index contributed by atoms with van der Waals surface area (Å²) in [5, 5.41) is 31.7. The van der Waals surface area contributed by atoms with Crippen LogP contribution in [0.5, 0.6) is 11.5 Å². The van der Waals surface area contributed by atoms with Crippen LogP contribution in [0.2, 0.25) is 0 Å². The first-order valence-corrected chi connectivity index (χ1v) is 14.8. The summed E-state index contributed by atoms with van der Waals surface area (Å²) in [7, 11) is -2.00. The van der Waals surface area contributed by atoms with E-state index in [0.717, 1.165) is 30.7 Å². The molecule has 0 spiro atoms. The number of aromatic nitrogens is 2. The summed E-state index contributed by atoms with van der Waals surface area (Å²) in [4.78, 5) is 21.3. The lowest BCUT2D eigenvalue weighted by Crippen LogP contribution is -2.21. The number of carbonyl (C=O) groups excluding carboxylic acids is 1. The number of alkyl halides is 3. The van der Waals surface area contributed by atoms with Crippen LogP contribution in [0, 0.1) is 5.82 Å². The molecule has 0 radical (unpaired) electrons. The maximum Gasteiger partial charge on any atom is 0.490 e. The molecule has 0 aliphatic rings. The summed E-state index contributed by atoms with van der Waals surface area (Å²) >= 11 is 0. The molecule has 3 aromatic carbocycles. The Bertz CT molecular complexity index is 1770. The number of unbranched alkanes of at least 4 members (excludes halogenated alkanes) is 1. The van der Waals surface area contributed by atoms with Crippen LogP contribution in [0.4, 0.5) is 17.6 Å². The molecule has 1 heterocycles. The number of aliphatic carboxylic acids is 1. The van der Waals surface area contributed by atoms with Gasteiger partial charge in [-0.1, -0.05) is 18.2 Å². The lowest BCUT2D eigenvalue weighted by Gasteiger charge is -2.10. The van der Waals surface area contributed by atoms with Gasteiger partial charge in [0, 0.05) is 24.5 Å². The molecule has 0 aliphatic carbocycles. The Kier molecular flexibility index (Phi) is 11.3. The minimum Gasteiger partial charge on any atom is -0.507 e. The second-order valence-corrected chi connectivity index (χ2v) is 11.6. The highest BCUT2D eigenvalue weighted by Crippen LogP contribution is 2.32. The molecule has 3 N–H and O–H groups in total. The van der Waals surface area contributed by atoms with Crippen molar-refractivity contribution in [1.29, 1.82) is 0 Å². The third kappa shape index (κ3) is 9.79. The van der Waals surface area contributed by atoms with Crippen molar-refractivity contribution in [3.05, 3.63) is 95.6 Å². The molecule has 10 nitrogen and oxygen atoms in total. The van der Waals surface area contributed by atoms with Gasteiger partial charge in [-0.3, -0.25) is 4.68 Å². The fourth-order valence-electron chi connectivity index (χ4n) is 4.04. The van der Waals surface area contributed by atoms with Crippen molar-refractivity contribution in [2.45, 2.75) is 36.1 Å². The predicted octanol–water partition coefficient (Wildman–Crippen LogP) is 5.42. The van der Waals surface area contributed by atoms with Crippen LogP contribution >= 0.6 is 0 Å². The van der Waals surface area contributed by atoms with Crippen molar-refractivity contribution in [2.24, 2.45) is 7.05 Å². The summed E-state index contributed by atoms with van der Waals surface area (Å²) in [5.74, 6) is -5.02. The first kappa shape index (κ1) is 34.6. The average Bonchev–Trinajstić information content (AvgIpc) is 3.38. The Morgan fingerprint density at radius 2 is 1.67 bits per heavy atom. The van der Waals surface area contributed by atoms with Crippen LogP contribution in [0.25, 0.3) is 11.1 Å². The zero-order valence-electron chi connectivity index (χ0n) is 23.7. The van der Waals surface area contributed by atoms with E-state index in [4.69, 9.17) is 14.6 Å². The van der Waals surface area contributed by atoms with E-state index in [1.54, 1.807) is 16.9 Å². The van der Waals surface area contributed by atoms with Gasteiger partial charge < -0.3 is 20.1 Å². The quantitative estimate of drug-likeness (QED) is 0.116. The van der Waals surface area contributed by atoms with Crippen molar-refractivity contribution in [3.63, 3.8) is 0 Å². The highest BCUT2D eigenvalue weighted by Gasteiger charge is 2.38. The Morgan fingerprint density at radius 3 is 2.29 bits per heavy atom. The number of carboxylic acids is 1. The largest absolute Gasteiger partial charge is 0.507 e. The zero-order valence-corrected chi connectivity index (χ0v) is 24.5. The molecule has 0 unspecified atom stereocenters. The predicted molar refractivity (Wildman–Crippen MR) is 153 cm³/mol. The molecule has 0 fully saturated rings. The number of halogens is 4. The van der Waals surface area contributed by atoms with Gasteiger partial charge >= 0.3 is 18.1 Å². The normalized spacial score (nSPS) is 11.4. The van der Waals surface area contributed by atoms with Crippen LogP contribution < -0.4 is 0 Å². The van der Waals surface area contributed by atoms with Crippen molar-refractivity contribution in [3.8, 4) is 22.6 Å². The standard InChI is InChI=1S/C28H27FN2O6S.C2HF3O2/c1-31-22(12-13-30-31)6-2-3-14-37-28(34)24-10-8-19(15-27(24)33)18-38(35,36)23-7-4-5-20(16-23)25-17-21(29)9-11-26(25)32;3-2(4,5)1(6)7/h4-5,7-13,15-17,32-33H,2-3,6,14,18H2,1H3;(H,6,7). The molecular weight excluding hydrogens is 624 g/mol. The Labute approximate surface area is 255 Å². The summed E-state index contributed by atoms with van der Waals surface area (Å²) in [5.41, 5.74) is 1.80. The average molecular weight is 653 g/mol. The molecular formula is C30H28F4N2O8S. The van der Waals surface area contributed by atoms with E-state index in [9.17, 15) is 41.0 Å². The number of rotatable bonds is 10. The number of hydrogen-bond acceptors (Lipinski definition) is 8. The fraction of sp³-hybridized carbons (Fsp3) is 0.233. The topological polar surface area (TPSA) is 156 Å². The summed E-state index contributed by atoms with van der Waals surface area (Å²) in [6.45, 7) is 0.184. The molecule has 0 atom stereocenters. The zero-order chi connectivity index (χ0) is 33.4. The van der Waals surface area contributed by atoms with Crippen LogP contribution in [0.15, 0.2) is 77.8 Å². The van der Waals surface area contributed by atoms with E-state index >= 15 is 0 Å². The molecule has 0 saturated carbocycles. The van der Waals surface area contributed by atoms with E-state index in [1.807, 2.05) is 13.1 Å². The van der Waals surface area contributed by atoms with Gasteiger partial charge in [0.2, 0.25) is 0 Å². The maximum absolute atomic E-state index is 13.7. The van der Waals surface area contributed by atoms with Crippen molar-refractivity contribution >= 4 is 21.8 Å². The van der Waals surface area contributed by atoms with E-state index in [-0.39, 0.29) is 39.7 Å². The van der Waals surface area contributed by atoms with E-state index in [1.165, 1.54) is 42.5 Å². The highest BCUT2D eigenvalue weighted by atomic mass is 32.2. The maximum atomic E-state index is 13.7. The summed E-state index contributed by atoms with van der Waals surface area (Å²) in [6.07, 6.45) is -1.12. The van der Waals surface area contributed by atoms with Gasteiger partial charge in [0.15, 0.2) is 9.84 Å². The highest BCUT2D eigenvalue weighted by molar-refractivity contribution is 7.90. The van der Waals surface area contributed by atoms with E-state index in [0.29, 0.717) is 12.0 Å². The number of phenolic OH excluding ortho intramolecular Hbond substituents is 2. The molecule has 0 amide bonds. The number of benzene rings is 3. The minimum atomic E-state index is -5.08. The minimum absolute atomic E-state index is 0.0345. The molecule has 1 aromatic heterocycles. The van der Waals surface area contributed by atoms with Gasteiger partial charge in [-0.15, -0.1) is 0 Å². The van der Waals surface area contributed by atoms with Crippen molar-refractivity contribution in [1.82, 2.24) is 9.78 Å². The molecule has 0 bridgehead atoms. The Morgan fingerprint density at radius 1 is 0.956 bits per heavy atom. The monoisotopic (exact) mass is 652 g/mol. The number of ether oxygens (including phenoxy) is 1. The molecule has 0 saturated heterocycles. The third-order valence-electron chi connectivity index (χ3n) is 6.33. The fourth-order valence-corrected chi connectivity index (χ4v) is 5.41. The number of carboxylic acid groups (broad SMARTS) is 1. The smallest absolute Gasteiger partial charge is 0.490 e. The summed E-state index contributed by atoms with van der Waals surface area (Å²) in [6, 6.07) is 15.2. The SMILES string of the molecule is Cn1nccc1CCCCOC(=O)c1ccc(CS(=O)(=O)c2cccc(-c3cc(F)ccc3O)c2)cc1O.O=C(O)C(F)(F)F. The van der Waals surface area contributed by atoms with Gasteiger partial charge in [-0.05, 0) is 78.9 Å². The molecule has 45 heavy (non-hydrogen) atoms. The number of aryl methyl sites for hydroxylation is 2. The number of aromatic hydroxyl groups is 2. The van der Waals surface area contributed by atoms with Gasteiger partial charge in [-0.25, -0.2) is 22.4 Å². The third-order valence-corrected chi connectivity index (χ3v) is 8.01. The van der Waals surface area contributed by atoms with Crippen LogP contribution in [-0.4, -0.2) is 58.2 Å². The van der Waals surface area contributed by atoms with Gasteiger partial charge in [0.25, 0.3) is 0 Å². The lowest BCUT2D eigenvalue weighted by atomic mass is 10.0. The molecule has 4 rings (SSSR count). The van der Waals surface area contributed by atoms with E-state index < -0.39 is 39.5 Å². The molecule has 240 valence electrons. The van der Waals surface area contributed by atoms with Crippen LogP contribution in [0.1, 0.15) is 34.5 Å². The lowest BCUT2D eigenvalue weighted by molar-refractivity contribution is -0.192. The molecule has 4 aromatic rings. The van der Waals surface area contributed by atoms with Crippen molar-refractivity contribution < 1.29 is 55.6 Å². The number of esters is 1. The number of sulfone groups is 1. The Hall–Kier alpha value is -4.92. The first-order chi connectivity index (χ1) is 21.1. The number of nitrogens with zero attached hydrogens (tertiary/aromatic N) is 2. The second kappa shape index (κ2) is 14.7. The number of phenols is 2. The number of hydrogen-bond donors (Lipinski definition) is 3. The summed E-state index contributed by atoms with van der Waals surface area (Å²) < 4.78 is 78.6. The second-order valence-electron chi connectivity index (χ2n) is 9.64. The van der Waals surface area contributed by atoms with Crippen molar-refractivity contribution in [2.75, 3.05) is 6.61 Å². The van der Waals surface area contributed by atoms with Crippen LogP contribution in [-0.2, 0) is 38.6 Å². The molecule has 15 heteroatoms.